The number of hydrogen-bond donors (Lipinski definition) is 2. The van der Waals surface area contributed by atoms with Crippen LogP contribution in [0.25, 0.3) is 11.1 Å². The molecule has 2 aromatic rings. The maximum absolute atomic E-state index is 13.5. The third-order valence-electron chi connectivity index (χ3n) is 11.4. The van der Waals surface area contributed by atoms with Crippen LogP contribution in [-0.4, -0.2) is 69.2 Å². The molecule has 6 atom stereocenters. The maximum Gasteiger partial charge on any atom is 0.409 e. The topological polar surface area (TPSA) is 106 Å². The number of alkyl carbamates (subject to hydrolysis) is 2. The SMILES string of the molecule is O=C(NCCN(CCNC(=O)OC[C@@H]1[C@@H]2CCC#CCC[C@@H]21)C(=O)OCC1c2ccccc2-c2ccccc21)OCC1[C@H]2CCC#CCC[C@@H]12. The summed E-state index contributed by atoms with van der Waals surface area (Å²) in [4.78, 5) is 40.2. The zero-order valence-corrected chi connectivity index (χ0v) is 28.7. The van der Waals surface area contributed by atoms with Crippen LogP contribution in [0.5, 0.6) is 0 Å². The molecule has 5 aliphatic carbocycles. The van der Waals surface area contributed by atoms with Gasteiger partial charge in [0.15, 0.2) is 0 Å². The van der Waals surface area contributed by atoms with Crippen molar-refractivity contribution in [2.24, 2.45) is 35.5 Å². The number of nitrogens with one attached hydrogen (secondary N) is 2. The lowest BCUT2D eigenvalue weighted by Crippen LogP contribution is -2.43. The van der Waals surface area contributed by atoms with Gasteiger partial charge in [-0.05, 0) is 83.4 Å². The number of nitrogens with zero attached hydrogens (tertiary/aromatic N) is 1. The summed E-state index contributed by atoms with van der Waals surface area (Å²) in [6, 6.07) is 16.4. The van der Waals surface area contributed by atoms with Gasteiger partial charge in [0.2, 0.25) is 0 Å². The lowest BCUT2D eigenvalue weighted by Gasteiger charge is -2.24. The van der Waals surface area contributed by atoms with Gasteiger partial charge in [-0.2, -0.15) is 0 Å². The molecule has 0 radical (unpaired) electrons. The first-order valence-corrected chi connectivity index (χ1v) is 18.4. The normalized spacial score (nSPS) is 25.3. The van der Waals surface area contributed by atoms with Gasteiger partial charge in [-0.1, -0.05) is 48.5 Å². The molecule has 9 nitrogen and oxygen atoms in total. The highest BCUT2D eigenvalue weighted by Gasteiger charge is 2.50. The second kappa shape index (κ2) is 15.9. The van der Waals surface area contributed by atoms with E-state index in [1.165, 1.54) is 4.90 Å². The van der Waals surface area contributed by atoms with E-state index in [4.69, 9.17) is 14.2 Å². The zero-order chi connectivity index (χ0) is 34.3. The first-order valence-electron chi connectivity index (χ1n) is 18.4. The Morgan fingerprint density at radius 1 is 0.600 bits per heavy atom. The van der Waals surface area contributed by atoms with Crippen LogP contribution in [0.3, 0.4) is 0 Å². The highest BCUT2D eigenvalue weighted by atomic mass is 16.6. The Morgan fingerprint density at radius 3 is 1.46 bits per heavy atom. The quantitative estimate of drug-likeness (QED) is 0.195. The van der Waals surface area contributed by atoms with Gasteiger partial charge in [-0.3, -0.25) is 0 Å². The number of amides is 3. The van der Waals surface area contributed by atoms with E-state index in [9.17, 15) is 14.4 Å². The third-order valence-corrected chi connectivity index (χ3v) is 11.4. The van der Waals surface area contributed by atoms with Crippen molar-refractivity contribution in [3.05, 3.63) is 59.7 Å². The fourth-order valence-electron chi connectivity index (χ4n) is 8.58. The second-order valence-electron chi connectivity index (χ2n) is 14.2. The summed E-state index contributed by atoms with van der Waals surface area (Å²) in [7, 11) is 0. The third kappa shape index (κ3) is 8.05. The number of benzene rings is 2. The molecule has 0 aliphatic heterocycles. The smallest absolute Gasteiger partial charge is 0.409 e. The highest BCUT2D eigenvalue weighted by molar-refractivity contribution is 5.79. The summed E-state index contributed by atoms with van der Waals surface area (Å²) in [5.74, 6) is 16.0. The Kier molecular flexibility index (Phi) is 10.8. The monoisotopic (exact) mass is 677 g/mol. The van der Waals surface area contributed by atoms with Crippen LogP contribution in [-0.2, 0) is 14.2 Å². The molecule has 9 heteroatoms. The molecule has 2 saturated carbocycles. The van der Waals surface area contributed by atoms with Gasteiger partial charge in [0.05, 0.1) is 13.2 Å². The molecule has 7 rings (SSSR count). The Hall–Kier alpha value is -4.63. The van der Waals surface area contributed by atoms with E-state index in [1.807, 2.05) is 24.3 Å². The van der Waals surface area contributed by atoms with Crippen LogP contribution in [0.4, 0.5) is 14.4 Å². The summed E-state index contributed by atoms with van der Waals surface area (Å²) in [5.41, 5.74) is 4.57. The number of fused-ring (bicyclic) bond motifs is 5. The van der Waals surface area contributed by atoms with E-state index in [1.54, 1.807) is 0 Å². The van der Waals surface area contributed by atoms with Crippen LogP contribution in [0, 0.1) is 59.2 Å². The van der Waals surface area contributed by atoms with Crippen LogP contribution in [0.1, 0.15) is 68.4 Å². The molecule has 50 heavy (non-hydrogen) atoms. The minimum Gasteiger partial charge on any atom is -0.449 e. The molecule has 262 valence electrons. The predicted molar refractivity (Wildman–Crippen MR) is 189 cm³/mol. The summed E-state index contributed by atoms with van der Waals surface area (Å²) in [6.07, 6.45) is 6.45. The van der Waals surface area contributed by atoms with Gasteiger partial charge >= 0.3 is 18.3 Å². The van der Waals surface area contributed by atoms with Crippen LogP contribution in [0.2, 0.25) is 0 Å². The number of carbonyl (C=O) groups excluding carboxylic acids is 3. The summed E-state index contributed by atoms with van der Waals surface area (Å²) in [6.45, 7) is 1.75. The Morgan fingerprint density at radius 2 is 1.02 bits per heavy atom. The summed E-state index contributed by atoms with van der Waals surface area (Å²) < 4.78 is 17.1. The average molecular weight is 678 g/mol. The molecular formula is C41H47N3O6. The number of ether oxygens (including phenoxy) is 3. The fourth-order valence-corrected chi connectivity index (χ4v) is 8.58. The van der Waals surface area contributed by atoms with Crippen molar-refractivity contribution in [3.63, 3.8) is 0 Å². The molecule has 3 amide bonds. The van der Waals surface area contributed by atoms with Crippen molar-refractivity contribution in [2.45, 2.75) is 57.3 Å². The minimum absolute atomic E-state index is 0.0769. The first kappa shape index (κ1) is 33.8. The predicted octanol–water partition coefficient (Wildman–Crippen LogP) is 6.57. The van der Waals surface area contributed by atoms with Gasteiger partial charge < -0.3 is 29.7 Å². The maximum atomic E-state index is 13.5. The molecule has 0 saturated heterocycles. The average Bonchev–Trinajstić information content (AvgIpc) is 3.93. The number of carbonyl (C=O) groups is 3. The fraction of sp³-hybridized carbons (Fsp3) is 0.537. The van der Waals surface area contributed by atoms with E-state index >= 15 is 0 Å². The van der Waals surface area contributed by atoms with E-state index in [0.29, 0.717) is 48.7 Å². The van der Waals surface area contributed by atoms with Gasteiger partial charge in [0, 0.05) is 57.8 Å². The standard InChI is InChI=1S/C41H47N3O6/c45-39(48-25-36-32-13-5-1-2-6-14-33(32)36)42-21-23-44(24-22-43-40(46)49-26-37-34-15-7-3-4-8-16-35(34)37)41(47)50-27-38-30-19-11-9-17-28(30)29-18-10-12-20-31(29)38/h9-12,17-20,32-38H,5-8,13-16,21-27H2,(H,42,45)(H,43,46)/t32-,33+,34-,35+,36-,37?. The van der Waals surface area contributed by atoms with Crippen molar-refractivity contribution in [3.8, 4) is 34.8 Å². The molecular weight excluding hydrogens is 630 g/mol. The molecule has 0 aromatic heterocycles. The molecule has 0 spiro atoms. The molecule has 2 fully saturated rings. The minimum atomic E-state index is -0.509. The number of rotatable bonds is 12. The van der Waals surface area contributed by atoms with Crippen molar-refractivity contribution in [1.29, 1.82) is 0 Å². The van der Waals surface area contributed by atoms with Crippen molar-refractivity contribution in [2.75, 3.05) is 46.0 Å². The zero-order valence-electron chi connectivity index (χ0n) is 28.7. The lowest BCUT2D eigenvalue weighted by atomic mass is 9.98. The lowest BCUT2D eigenvalue weighted by molar-refractivity contribution is 0.0973. The Balaban J connectivity index is 0.892. The largest absolute Gasteiger partial charge is 0.449 e. The molecule has 0 heterocycles. The van der Waals surface area contributed by atoms with Gasteiger partial charge in [-0.25, -0.2) is 14.4 Å². The molecule has 5 aliphatic rings. The van der Waals surface area contributed by atoms with E-state index in [2.05, 4.69) is 58.6 Å². The van der Waals surface area contributed by atoms with E-state index in [-0.39, 0.29) is 38.7 Å². The van der Waals surface area contributed by atoms with Gasteiger partial charge in [0.25, 0.3) is 0 Å². The molecule has 2 N–H and O–H groups in total. The van der Waals surface area contributed by atoms with Crippen LogP contribution < -0.4 is 10.6 Å². The van der Waals surface area contributed by atoms with Crippen molar-refractivity contribution in [1.82, 2.24) is 15.5 Å². The van der Waals surface area contributed by atoms with E-state index < -0.39 is 18.3 Å². The van der Waals surface area contributed by atoms with Crippen LogP contribution >= 0.6 is 0 Å². The summed E-state index contributed by atoms with van der Waals surface area (Å²) >= 11 is 0. The van der Waals surface area contributed by atoms with E-state index in [0.717, 1.165) is 73.6 Å². The first-order chi connectivity index (χ1) is 24.6. The Labute approximate surface area is 295 Å². The van der Waals surface area contributed by atoms with Gasteiger partial charge in [-0.15, -0.1) is 23.7 Å². The molecule has 1 unspecified atom stereocenters. The second-order valence-corrected chi connectivity index (χ2v) is 14.2. The number of hydrogen-bond acceptors (Lipinski definition) is 6. The Bertz CT molecular complexity index is 1540. The van der Waals surface area contributed by atoms with Crippen molar-refractivity contribution < 1.29 is 28.6 Å². The van der Waals surface area contributed by atoms with Gasteiger partial charge in [0.1, 0.15) is 6.61 Å². The molecule has 2 aromatic carbocycles. The molecule has 0 bridgehead atoms. The highest BCUT2D eigenvalue weighted by Crippen LogP contribution is 2.53. The van der Waals surface area contributed by atoms with Crippen LogP contribution in [0.15, 0.2) is 48.5 Å². The summed E-state index contributed by atoms with van der Waals surface area (Å²) in [5, 5.41) is 5.59. The van der Waals surface area contributed by atoms with Crippen molar-refractivity contribution >= 4 is 18.3 Å².